The van der Waals surface area contributed by atoms with Crippen LogP contribution in [0.3, 0.4) is 0 Å². The van der Waals surface area contributed by atoms with Crippen molar-refractivity contribution in [1.29, 1.82) is 0 Å². The van der Waals surface area contributed by atoms with Crippen molar-refractivity contribution in [1.82, 2.24) is 29.6 Å². The molecule has 8 nitrogen and oxygen atoms in total. The smallest absolute Gasteiger partial charge is 0.227 e. The first-order valence-corrected chi connectivity index (χ1v) is 10.1. The molecule has 1 saturated heterocycles. The highest BCUT2D eigenvalue weighted by molar-refractivity contribution is 5.78. The minimum absolute atomic E-state index is 0.134. The number of carbonyl (C=O) groups excluding carboxylic acids is 1. The van der Waals surface area contributed by atoms with E-state index in [2.05, 4.69) is 28.9 Å². The van der Waals surface area contributed by atoms with Crippen LogP contribution in [0.15, 0.2) is 18.9 Å². The maximum Gasteiger partial charge on any atom is 0.227 e. The van der Waals surface area contributed by atoms with E-state index in [0.29, 0.717) is 26.2 Å². The van der Waals surface area contributed by atoms with Crippen LogP contribution in [0.1, 0.15) is 56.6 Å². The molecule has 0 aromatic carbocycles. The lowest BCUT2D eigenvalue weighted by Crippen LogP contribution is -2.50. The molecule has 28 heavy (non-hydrogen) atoms. The third kappa shape index (κ3) is 3.53. The number of hydrogen-bond donors (Lipinski definition) is 0. The Bertz CT molecular complexity index is 827. The van der Waals surface area contributed by atoms with Gasteiger partial charge in [0.2, 0.25) is 5.91 Å². The van der Waals surface area contributed by atoms with Crippen molar-refractivity contribution in [2.45, 2.75) is 58.1 Å². The molecular weight excluding hydrogens is 356 g/mol. The van der Waals surface area contributed by atoms with Gasteiger partial charge in [-0.25, -0.2) is 15.0 Å². The Morgan fingerprint density at radius 2 is 2.07 bits per heavy atom. The Balaban J connectivity index is 1.47. The Kier molecular flexibility index (Phi) is 5.14. The van der Waals surface area contributed by atoms with Crippen LogP contribution in [-0.4, -0.2) is 55.2 Å². The average molecular weight is 384 g/mol. The van der Waals surface area contributed by atoms with Crippen LogP contribution in [0.5, 0.6) is 0 Å². The van der Waals surface area contributed by atoms with Crippen LogP contribution in [0, 0.1) is 5.92 Å². The molecule has 0 radical (unpaired) electrons. The van der Waals surface area contributed by atoms with E-state index in [1.807, 2.05) is 18.0 Å². The Hall–Kier alpha value is -2.35. The summed E-state index contributed by atoms with van der Waals surface area (Å²) in [5.74, 6) is 1.17. The van der Waals surface area contributed by atoms with Crippen molar-refractivity contribution in [3.8, 4) is 0 Å². The number of fused-ring (bicyclic) bond motifs is 2. The van der Waals surface area contributed by atoms with E-state index in [4.69, 9.17) is 9.72 Å². The lowest BCUT2D eigenvalue weighted by molar-refractivity contribution is -0.145. The number of rotatable bonds is 4. The molecule has 1 fully saturated rings. The van der Waals surface area contributed by atoms with Gasteiger partial charge in [-0.05, 0) is 24.8 Å². The van der Waals surface area contributed by atoms with Gasteiger partial charge in [0.15, 0.2) is 0 Å². The van der Waals surface area contributed by atoms with Crippen molar-refractivity contribution in [3.63, 3.8) is 0 Å². The van der Waals surface area contributed by atoms with Gasteiger partial charge in [0.25, 0.3) is 0 Å². The Morgan fingerprint density at radius 1 is 1.29 bits per heavy atom. The van der Waals surface area contributed by atoms with Gasteiger partial charge in [0.1, 0.15) is 24.1 Å². The third-order valence-corrected chi connectivity index (χ3v) is 5.81. The zero-order valence-corrected chi connectivity index (χ0v) is 16.8. The fourth-order valence-corrected chi connectivity index (χ4v) is 4.17. The molecule has 0 aliphatic carbocycles. The monoisotopic (exact) mass is 384 g/mol. The van der Waals surface area contributed by atoms with E-state index in [1.54, 1.807) is 11.0 Å². The molecule has 2 aromatic heterocycles. The number of amides is 1. The summed E-state index contributed by atoms with van der Waals surface area (Å²) in [6, 6.07) is 0. The average Bonchev–Trinajstić information content (AvgIpc) is 3.21. The largest absolute Gasteiger partial charge is 0.368 e. The van der Waals surface area contributed by atoms with Crippen LogP contribution in [0.25, 0.3) is 0 Å². The van der Waals surface area contributed by atoms with Crippen molar-refractivity contribution < 1.29 is 9.53 Å². The normalized spacial score (nSPS) is 19.6. The molecule has 0 saturated carbocycles. The molecule has 8 heteroatoms. The molecule has 2 aliphatic rings. The zero-order chi connectivity index (χ0) is 19.7. The van der Waals surface area contributed by atoms with Gasteiger partial charge < -0.3 is 9.64 Å². The van der Waals surface area contributed by atoms with E-state index in [0.717, 1.165) is 30.8 Å². The lowest BCUT2D eigenvalue weighted by atomic mass is 9.83. The summed E-state index contributed by atoms with van der Waals surface area (Å²) in [5, 5.41) is 4.10. The number of likely N-dealkylation sites (tertiary alicyclic amines) is 1. The molecule has 2 aromatic rings. The second-order valence-electron chi connectivity index (χ2n) is 8.19. The minimum Gasteiger partial charge on any atom is -0.368 e. The SMILES string of the molecule is CC(Cn1cncn1)C(=O)N1CCC2(CC1)OCCc1cnc(C(C)C)nc12. The van der Waals surface area contributed by atoms with Gasteiger partial charge >= 0.3 is 0 Å². The van der Waals surface area contributed by atoms with Crippen molar-refractivity contribution in [2.24, 2.45) is 5.92 Å². The van der Waals surface area contributed by atoms with Crippen molar-refractivity contribution in [2.75, 3.05) is 19.7 Å². The fourth-order valence-electron chi connectivity index (χ4n) is 4.17. The molecule has 4 heterocycles. The summed E-state index contributed by atoms with van der Waals surface area (Å²) in [7, 11) is 0. The molecule has 1 atom stereocenters. The Morgan fingerprint density at radius 3 is 2.75 bits per heavy atom. The molecule has 2 aliphatic heterocycles. The summed E-state index contributed by atoms with van der Waals surface area (Å²) in [5.41, 5.74) is 1.85. The Labute approximate surface area is 165 Å². The summed E-state index contributed by atoms with van der Waals surface area (Å²) in [4.78, 5) is 28.2. The van der Waals surface area contributed by atoms with E-state index in [9.17, 15) is 4.79 Å². The first kappa shape index (κ1) is 19.0. The first-order chi connectivity index (χ1) is 13.5. The predicted molar refractivity (Wildman–Crippen MR) is 102 cm³/mol. The van der Waals surface area contributed by atoms with Crippen LogP contribution in [0.4, 0.5) is 0 Å². The second-order valence-corrected chi connectivity index (χ2v) is 8.19. The molecule has 0 N–H and O–H groups in total. The number of nitrogens with zero attached hydrogens (tertiary/aromatic N) is 6. The van der Waals surface area contributed by atoms with Gasteiger partial charge in [-0.1, -0.05) is 20.8 Å². The van der Waals surface area contributed by atoms with E-state index in [-0.39, 0.29) is 23.3 Å². The van der Waals surface area contributed by atoms with Crippen LogP contribution in [-0.2, 0) is 28.1 Å². The number of carbonyl (C=O) groups is 1. The van der Waals surface area contributed by atoms with E-state index < -0.39 is 0 Å². The third-order valence-electron chi connectivity index (χ3n) is 5.81. The summed E-state index contributed by atoms with van der Waals surface area (Å²) in [6.07, 6.45) is 7.51. The first-order valence-electron chi connectivity index (χ1n) is 10.1. The van der Waals surface area contributed by atoms with Gasteiger partial charge in [-0.2, -0.15) is 5.10 Å². The van der Waals surface area contributed by atoms with E-state index in [1.165, 1.54) is 11.9 Å². The zero-order valence-electron chi connectivity index (χ0n) is 16.8. The summed E-state index contributed by atoms with van der Waals surface area (Å²) < 4.78 is 8.00. The molecule has 0 bridgehead atoms. The molecular formula is C20H28N6O2. The second kappa shape index (κ2) is 7.58. The number of piperidine rings is 1. The fraction of sp³-hybridized carbons (Fsp3) is 0.650. The molecule has 1 amide bonds. The lowest BCUT2D eigenvalue weighted by Gasteiger charge is -2.44. The summed E-state index contributed by atoms with van der Waals surface area (Å²) in [6.45, 7) is 8.76. The molecule has 1 unspecified atom stereocenters. The summed E-state index contributed by atoms with van der Waals surface area (Å²) >= 11 is 0. The number of aromatic nitrogens is 5. The van der Waals surface area contributed by atoms with Gasteiger partial charge in [-0.15, -0.1) is 0 Å². The van der Waals surface area contributed by atoms with Gasteiger partial charge in [-0.3, -0.25) is 9.48 Å². The molecule has 4 rings (SSSR count). The maximum atomic E-state index is 12.9. The highest BCUT2D eigenvalue weighted by Crippen LogP contribution is 2.40. The highest BCUT2D eigenvalue weighted by Gasteiger charge is 2.43. The number of hydrogen-bond acceptors (Lipinski definition) is 6. The topological polar surface area (TPSA) is 86.0 Å². The van der Waals surface area contributed by atoms with Crippen LogP contribution in [0.2, 0.25) is 0 Å². The number of ether oxygens (including phenoxy) is 1. The highest BCUT2D eigenvalue weighted by atomic mass is 16.5. The maximum absolute atomic E-state index is 12.9. The van der Waals surface area contributed by atoms with Crippen molar-refractivity contribution in [3.05, 3.63) is 35.9 Å². The molecule has 150 valence electrons. The van der Waals surface area contributed by atoms with Crippen LogP contribution >= 0.6 is 0 Å². The van der Waals surface area contributed by atoms with Crippen LogP contribution < -0.4 is 0 Å². The standard InChI is InChI=1S/C20H28N6O2/c1-14(2)18-22-10-16-4-9-28-20(17(16)24-18)5-7-25(8-6-20)19(27)15(3)11-26-13-21-12-23-26/h10,12-15H,4-9,11H2,1-3H3. The van der Waals surface area contributed by atoms with Crippen molar-refractivity contribution >= 4 is 5.91 Å². The van der Waals surface area contributed by atoms with E-state index >= 15 is 0 Å². The molecule has 1 spiro atoms. The van der Waals surface area contributed by atoms with Gasteiger partial charge in [0.05, 0.1) is 24.8 Å². The minimum atomic E-state index is -0.383. The van der Waals surface area contributed by atoms with Gasteiger partial charge in [0, 0.05) is 25.2 Å². The quantitative estimate of drug-likeness (QED) is 0.800. The predicted octanol–water partition coefficient (Wildman–Crippen LogP) is 1.92.